The van der Waals surface area contributed by atoms with Gasteiger partial charge in [0.25, 0.3) is 0 Å². The summed E-state index contributed by atoms with van der Waals surface area (Å²) < 4.78 is 27.2. The number of anilines is 1. The zero-order chi connectivity index (χ0) is 14.8. The largest absolute Gasteiger partial charge is 0.398 e. The van der Waals surface area contributed by atoms with Gasteiger partial charge in [-0.2, -0.15) is 0 Å². The summed E-state index contributed by atoms with van der Waals surface area (Å²) in [5.41, 5.74) is 5.92. The number of halogens is 1. The van der Waals surface area contributed by atoms with E-state index in [9.17, 15) is 8.42 Å². The maximum Gasteiger partial charge on any atom is 0.242 e. The molecule has 0 bridgehead atoms. The molecule has 3 N–H and O–H groups in total. The lowest BCUT2D eigenvalue weighted by molar-refractivity contribution is 0.257. The third-order valence-electron chi connectivity index (χ3n) is 4.09. The summed E-state index contributed by atoms with van der Waals surface area (Å²) in [5.74, 6) is 0.973. The molecule has 6 heteroatoms. The monoisotopic (exact) mass is 316 g/mol. The number of hydrogen-bond acceptors (Lipinski definition) is 3. The van der Waals surface area contributed by atoms with Crippen molar-refractivity contribution in [3.8, 4) is 0 Å². The highest BCUT2D eigenvalue weighted by atomic mass is 35.5. The predicted molar refractivity (Wildman–Crippen MR) is 82.2 cm³/mol. The Morgan fingerprint density at radius 1 is 1.35 bits per heavy atom. The summed E-state index contributed by atoms with van der Waals surface area (Å²) in [6, 6.07) is 4.44. The highest BCUT2D eigenvalue weighted by Gasteiger charge is 2.24. The van der Waals surface area contributed by atoms with Gasteiger partial charge in [0.2, 0.25) is 10.0 Å². The van der Waals surface area contributed by atoms with E-state index < -0.39 is 10.0 Å². The van der Waals surface area contributed by atoms with Crippen molar-refractivity contribution in [1.29, 1.82) is 0 Å². The first-order valence-electron chi connectivity index (χ1n) is 6.95. The summed E-state index contributed by atoms with van der Waals surface area (Å²) in [4.78, 5) is 0.102. The highest BCUT2D eigenvalue weighted by molar-refractivity contribution is 7.89. The van der Waals surface area contributed by atoms with Crippen molar-refractivity contribution in [2.75, 3.05) is 12.3 Å². The van der Waals surface area contributed by atoms with Crippen LogP contribution in [-0.4, -0.2) is 15.0 Å². The molecule has 0 saturated heterocycles. The molecule has 0 heterocycles. The van der Waals surface area contributed by atoms with Crippen molar-refractivity contribution in [2.24, 2.45) is 11.8 Å². The summed E-state index contributed by atoms with van der Waals surface area (Å²) in [7, 11) is -3.56. The van der Waals surface area contributed by atoms with Gasteiger partial charge in [-0.1, -0.05) is 37.8 Å². The van der Waals surface area contributed by atoms with Crippen molar-refractivity contribution >= 4 is 27.3 Å². The molecule has 2 rings (SSSR count). The van der Waals surface area contributed by atoms with E-state index >= 15 is 0 Å². The van der Waals surface area contributed by atoms with Gasteiger partial charge in [0, 0.05) is 11.6 Å². The number of rotatable bonds is 4. The van der Waals surface area contributed by atoms with Crippen LogP contribution in [0.25, 0.3) is 0 Å². The Morgan fingerprint density at radius 2 is 2.05 bits per heavy atom. The fraction of sp³-hybridized carbons (Fsp3) is 0.571. The number of nitrogens with one attached hydrogen (secondary N) is 1. The van der Waals surface area contributed by atoms with Crippen LogP contribution in [0.2, 0.25) is 5.02 Å². The van der Waals surface area contributed by atoms with E-state index in [1.807, 2.05) is 0 Å². The Morgan fingerprint density at radius 3 is 2.70 bits per heavy atom. The first kappa shape index (κ1) is 15.6. The van der Waals surface area contributed by atoms with Crippen molar-refractivity contribution < 1.29 is 8.42 Å². The first-order chi connectivity index (χ1) is 9.40. The molecule has 1 aliphatic rings. The third-order valence-corrected chi connectivity index (χ3v) is 5.82. The van der Waals surface area contributed by atoms with Crippen LogP contribution in [-0.2, 0) is 10.0 Å². The second-order valence-corrected chi connectivity index (χ2v) is 7.73. The van der Waals surface area contributed by atoms with Crippen molar-refractivity contribution in [3.63, 3.8) is 0 Å². The fourth-order valence-corrected chi connectivity index (χ4v) is 4.14. The van der Waals surface area contributed by atoms with Crippen molar-refractivity contribution in [3.05, 3.63) is 23.2 Å². The molecule has 2 unspecified atom stereocenters. The number of hydrogen-bond donors (Lipinski definition) is 2. The van der Waals surface area contributed by atoms with Gasteiger partial charge < -0.3 is 5.73 Å². The second-order valence-electron chi connectivity index (χ2n) is 5.56. The maximum atomic E-state index is 12.3. The normalized spacial score (nSPS) is 23.7. The van der Waals surface area contributed by atoms with Gasteiger partial charge >= 0.3 is 0 Å². The van der Waals surface area contributed by atoms with Crippen LogP contribution in [0.15, 0.2) is 23.1 Å². The van der Waals surface area contributed by atoms with Gasteiger partial charge in [-0.05, 0) is 36.5 Å². The molecule has 0 spiro atoms. The van der Waals surface area contributed by atoms with Crippen molar-refractivity contribution in [1.82, 2.24) is 4.72 Å². The Balaban J connectivity index is 2.07. The SMILES string of the molecule is CC1CCCCC1CNS(=O)(=O)c1ccc(Cl)cc1N. The Hall–Kier alpha value is -0.780. The van der Waals surface area contributed by atoms with Crippen LogP contribution in [0.4, 0.5) is 5.69 Å². The lowest BCUT2D eigenvalue weighted by Gasteiger charge is -2.28. The van der Waals surface area contributed by atoms with Crippen molar-refractivity contribution in [2.45, 2.75) is 37.5 Å². The molecule has 0 radical (unpaired) electrons. The summed E-state index contributed by atoms with van der Waals surface area (Å²) >= 11 is 5.79. The van der Waals surface area contributed by atoms with Crippen LogP contribution in [0.5, 0.6) is 0 Å². The molecule has 4 nitrogen and oxygen atoms in total. The van der Waals surface area contributed by atoms with E-state index in [2.05, 4.69) is 11.6 Å². The molecular formula is C14H21ClN2O2S. The van der Waals surface area contributed by atoms with E-state index in [0.717, 1.165) is 6.42 Å². The zero-order valence-corrected chi connectivity index (χ0v) is 13.2. The molecule has 0 amide bonds. The number of sulfonamides is 1. The average Bonchev–Trinajstić information content (AvgIpc) is 2.37. The fourth-order valence-electron chi connectivity index (χ4n) is 2.75. The minimum Gasteiger partial charge on any atom is -0.398 e. The van der Waals surface area contributed by atoms with E-state index in [4.69, 9.17) is 17.3 Å². The smallest absolute Gasteiger partial charge is 0.242 e. The summed E-state index contributed by atoms with van der Waals surface area (Å²) in [6.45, 7) is 2.67. The van der Waals surface area contributed by atoms with Gasteiger partial charge in [-0.25, -0.2) is 13.1 Å². The van der Waals surface area contributed by atoms with E-state index in [1.165, 1.54) is 37.5 Å². The minimum atomic E-state index is -3.56. The zero-order valence-electron chi connectivity index (χ0n) is 11.6. The molecule has 1 aromatic carbocycles. The molecule has 112 valence electrons. The second kappa shape index (κ2) is 6.33. The first-order valence-corrected chi connectivity index (χ1v) is 8.81. The number of benzene rings is 1. The topological polar surface area (TPSA) is 72.2 Å². The third kappa shape index (κ3) is 3.65. The van der Waals surface area contributed by atoms with E-state index in [1.54, 1.807) is 0 Å². The quantitative estimate of drug-likeness (QED) is 0.839. The lowest BCUT2D eigenvalue weighted by atomic mass is 9.81. The van der Waals surface area contributed by atoms with Gasteiger partial charge in [0.15, 0.2) is 0 Å². The molecule has 2 atom stereocenters. The molecule has 20 heavy (non-hydrogen) atoms. The van der Waals surface area contributed by atoms with Crippen LogP contribution >= 0.6 is 11.6 Å². The molecule has 1 aliphatic carbocycles. The van der Waals surface area contributed by atoms with Gasteiger partial charge in [-0.15, -0.1) is 0 Å². The highest BCUT2D eigenvalue weighted by Crippen LogP contribution is 2.29. The maximum absolute atomic E-state index is 12.3. The minimum absolute atomic E-state index is 0.102. The Bertz CT molecular complexity index is 575. The standard InChI is InChI=1S/C14H21ClN2O2S/c1-10-4-2-3-5-11(10)9-17-20(18,19)14-7-6-12(15)8-13(14)16/h6-8,10-11,17H,2-5,9,16H2,1H3. The van der Waals surface area contributed by atoms with Gasteiger partial charge in [0.05, 0.1) is 5.69 Å². The van der Waals surface area contributed by atoms with Crippen LogP contribution < -0.4 is 10.5 Å². The van der Waals surface area contributed by atoms with Crippen LogP contribution in [0.3, 0.4) is 0 Å². The predicted octanol–water partition coefficient (Wildman–Crippen LogP) is 3.03. The number of nitrogen functional groups attached to an aromatic ring is 1. The molecule has 0 aliphatic heterocycles. The molecule has 1 aromatic rings. The average molecular weight is 317 g/mol. The molecule has 0 aromatic heterocycles. The summed E-state index contributed by atoms with van der Waals surface area (Å²) in [5, 5.41) is 0.433. The van der Waals surface area contributed by atoms with Crippen LogP contribution in [0, 0.1) is 11.8 Å². The van der Waals surface area contributed by atoms with E-state index in [-0.39, 0.29) is 10.6 Å². The summed E-state index contributed by atoms with van der Waals surface area (Å²) in [6.07, 6.45) is 4.68. The van der Waals surface area contributed by atoms with Gasteiger partial charge in [0.1, 0.15) is 4.90 Å². The molecule has 1 saturated carbocycles. The Labute approximate surface area is 125 Å². The molecular weight excluding hydrogens is 296 g/mol. The molecule has 1 fully saturated rings. The van der Waals surface area contributed by atoms with Crippen LogP contribution in [0.1, 0.15) is 32.6 Å². The van der Waals surface area contributed by atoms with E-state index in [0.29, 0.717) is 23.4 Å². The number of nitrogens with two attached hydrogens (primary N) is 1. The lowest BCUT2D eigenvalue weighted by Crippen LogP contribution is -2.33. The Kier molecular flexibility index (Phi) is 4.94. The van der Waals surface area contributed by atoms with Gasteiger partial charge in [-0.3, -0.25) is 0 Å².